The lowest BCUT2D eigenvalue weighted by Gasteiger charge is -2.34. The molecule has 2 aromatic rings. The third kappa shape index (κ3) is 4.61. The SMILES string of the molecule is CC(C)N(C(=O)C(Sc1ccccc1)c1ccccc1)C(C)C. The second-order valence-electron chi connectivity index (χ2n) is 6.15. The summed E-state index contributed by atoms with van der Waals surface area (Å²) in [5.74, 6) is 0.176. The molecule has 0 aliphatic rings. The molecule has 2 nitrogen and oxygen atoms in total. The van der Waals surface area contributed by atoms with E-state index in [-0.39, 0.29) is 23.2 Å². The fourth-order valence-corrected chi connectivity index (χ4v) is 3.87. The van der Waals surface area contributed by atoms with Crippen molar-refractivity contribution in [3.63, 3.8) is 0 Å². The van der Waals surface area contributed by atoms with Crippen molar-refractivity contribution < 1.29 is 4.79 Å². The molecular formula is C20H25NOS. The van der Waals surface area contributed by atoms with Gasteiger partial charge in [0.2, 0.25) is 5.91 Å². The Labute approximate surface area is 143 Å². The van der Waals surface area contributed by atoms with Gasteiger partial charge in [0.15, 0.2) is 0 Å². The quantitative estimate of drug-likeness (QED) is 0.683. The maximum Gasteiger partial charge on any atom is 0.241 e. The number of hydrogen-bond donors (Lipinski definition) is 0. The molecule has 2 aromatic carbocycles. The van der Waals surface area contributed by atoms with Crippen molar-refractivity contribution in [2.75, 3.05) is 0 Å². The minimum Gasteiger partial charge on any atom is -0.337 e. The first kappa shape index (κ1) is 17.6. The summed E-state index contributed by atoms with van der Waals surface area (Å²) in [5, 5.41) is -0.219. The Balaban J connectivity index is 2.35. The molecule has 122 valence electrons. The number of carbonyl (C=O) groups is 1. The Morgan fingerprint density at radius 2 is 1.30 bits per heavy atom. The predicted octanol–water partition coefficient (Wildman–Crippen LogP) is 5.17. The fourth-order valence-electron chi connectivity index (χ4n) is 2.76. The van der Waals surface area contributed by atoms with Gasteiger partial charge in [0.1, 0.15) is 5.25 Å². The molecule has 0 saturated heterocycles. The van der Waals surface area contributed by atoms with E-state index in [0.29, 0.717) is 0 Å². The van der Waals surface area contributed by atoms with Gasteiger partial charge in [0.05, 0.1) is 0 Å². The van der Waals surface area contributed by atoms with Gasteiger partial charge in [-0.15, -0.1) is 11.8 Å². The average Bonchev–Trinajstić information content (AvgIpc) is 2.53. The smallest absolute Gasteiger partial charge is 0.241 e. The topological polar surface area (TPSA) is 20.3 Å². The van der Waals surface area contributed by atoms with Crippen LogP contribution in [0.1, 0.15) is 38.5 Å². The highest BCUT2D eigenvalue weighted by molar-refractivity contribution is 8.00. The van der Waals surface area contributed by atoms with Crippen LogP contribution in [0.4, 0.5) is 0 Å². The predicted molar refractivity (Wildman–Crippen MR) is 98.6 cm³/mol. The number of carbonyl (C=O) groups excluding carboxylic acids is 1. The van der Waals surface area contributed by atoms with Crippen LogP contribution in [0.15, 0.2) is 65.6 Å². The standard InChI is InChI=1S/C20H25NOS/c1-15(2)21(16(3)4)20(22)19(17-11-7-5-8-12-17)23-18-13-9-6-10-14-18/h5-16,19H,1-4H3. The Morgan fingerprint density at radius 1 is 0.826 bits per heavy atom. The third-order valence-corrected chi connectivity index (χ3v) is 4.94. The first-order chi connectivity index (χ1) is 11.0. The second kappa shape index (κ2) is 8.21. The lowest BCUT2D eigenvalue weighted by Crippen LogP contribution is -2.44. The molecule has 1 atom stereocenters. The molecule has 23 heavy (non-hydrogen) atoms. The minimum absolute atomic E-state index is 0.176. The summed E-state index contributed by atoms with van der Waals surface area (Å²) < 4.78 is 0. The lowest BCUT2D eigenvalue weighted by atomic mass is 10.1. The van der Waals surface area contributed by atoms with Crippen molar-refractivity contribution >= 4 is 17.7 Å². The molecule has 0 radical (unpaired) electrons. The molecule has 0 saturated carbocycles. The van der Waals surface area contributed by atoms with Gasteiger partial charge in [-0.3, -0.25) is 4.79 Å². The Hall–Kier alpha value is -1.74. The van der Waals surface area contributed by atoms with Gasteiger partial charge < -0.3 is 4.90 Å². The van der Waals surface area contributed by atoms with Crippen LogP contribution in [0.25, 0.3) is 0 Å². The number of amides is 1. The summed E-state index contributed by atoms with van der Waals surface area (Å²) in [5.41, 5.74) is 1.05. The fraction of sp³-hybridized carbons (Fsp3) is 0.350. The van der Waals surface area contributed by atoms with E-state index < -0.39 is 0 Å². The maximum absolute atomic E-state index is 13.2. The van der Waals surface area contributed by atoms with E-state index in [9.17, 15) is 4.79 Å². The van der Waals surface area contributed by atoms with Crippen molar-refractivity contribution in [3.8, 4) is 0 Å². The van der Waals surface area contributed by atoms with Crippen LogP contribution in [0.3, 0.4) is 0 Å². The van der Waals surface area contributed by atoms with Crippen LogP contribution >= 0.6 is 11.8 Å². The Bertz CT molecular complexity index is 602. The highest BCUT2D eigenvalue weighted by Crippen LogP contribution is 2.37. The summed E-state index contributed by atoms with van der Waals surface area (Å²) in [6, 6.07) is 20.6. The molecule has 0 aliphatic heterocycles. The van der Waals surface area contributed by atoms with Crippen LogP contribution in [0.5, 0.6) is 0 Å². The van der Waals surface area contributed by atoms with E-state index in [2.05, 4.69) is 39.8 Å². The highest BCUT2D eigenvalue weighted by atomic mass is 32.2. The van der Waals surface area contributed by atoms with E-state index in [4.69, 9.17) is 0 Å². The van der Waals surface area contributed by atoms with Gasteiger partial charge in [0, 0.05) is 17.0 Å². The van der Waals surface area contributed by atoms with Crippen molar-refractivity contribution in [2.24, 2.45) is 0 Å². The molecule has 1 amide bonds. The number of benzene rings is 2. The van der Waals surface area contributed by atoms with E-state index in [1.165, 1.54) is 0 Å². The van der Waals surface area contributed by atoms with Crippen molar-refractivity contribution in [2.45, 2.75) is 49.9 Å². The molecule has 0 bridgehead atoms. The van der Waals surface area contributed by atoms with Gasteiger partial charge in [-0.25, -0.2) is 0 Å². The van der Waals surface area contributed by atoms with E-state index in [0.717, 1.165) is 10.5 Å². The number of nitrogens with zero attached hydrogens (tertiary/aromatic N) is 1. The summed E-state index contributed by atoms with van der Waals surface area (Å²) >= 11 is 1.62. The van der Waals surface area contributed by atoms with E-state index in [1.54, 1.807) is 11.8 Å². The summed E-state index contributed by atoms with van der Waals surface area (Å²) in [6.07, 6.45) is 0. The van der Waals surface area contributed by atoms with Gasteiger partial charge in [-0.2, -0.15) is 0 Å². The highest BCUT2D eigenvalue weighted by Gasteiger charge is 2.29. The molecule has 0 fully saturated rings. The minimum atomic E-state index is -0.219. The average molecular weight is 327 g/mol. The second-order valence-corrected chi connectivity index (χ2v) is 7.33. The number of hydrogen-bond acceptors (Lipinski definition) is 2. The molecule has 0 N–H and O–H groups in total. The summed E-state index contributed by atoms with van der Waals surface area (Å²) in [4.78, 5) is 16.3. The Morgan fingerprint density at radius 3 is 1.78 bits per heavy atom. The normalized spacial score (nSPS) is 12.4. The van der Waals surface area contributed by atoms with Gasteiger partial charge in [-0.1, -0.05) is 48.5 Å². The van der Waals surface area contributed by atoms with Crippen molar-refractivity contribution in [3.05, 3.63) is 66.2 Å². The first-order valence-electron chi connectivity index (χ1n) is 8.09. The Kier molecular flexibility index (Phi) is 6.28. The molecule has 3 heteroatoms. The molecule has 0 aliphatic carbocycles. The number of thioether (sulfide) groups is 1. The van der Waals surface area contributed by atoms with Gasteiger partial charge in [0.25, 0.3) is 0 Å². The zero-order chi connectivity index (χ0) is 16.8. The van der Waals surface area contributed by atoms with Crippen LogP contribution in [-0.4, -0.2) is 22.9 Å². The largest absolute Gasteiger partial charge is 0.337 e. The molecule has 0 heterocycles. The van der Waals surface area contributed by atoms with Gasteiger partial charge >= 0.3 is 0 Å². The maximum atomic E-state index is 13.2. The number of rotatable bonds is 6. The zero-order valence-corrected chi connectivity index (χ0v) is 15.1. The molecule has 0 spiro atoms. The first-order valence-corrected chi connectivity index (χ1v) is 8.97. The molecular weight excluding hydrogens is 302 g/mol. The van der Waals surface area contributed by atoms with Crippen molar-refractivity contribution in [1.29, 1.82) is 0 Å². The van der Waals surface area contributed by atoms with Gasteiger partial charge in [-0.05, 0) is 45.4 Å². The van der Waals surface area contributed by atoms with E-state index in [1.807, 2.05) is 53.4 Å². The van der Waals surface area contributed by atoms with Crippen LogP contribution in [0, 0.1) is 0 Å². The van der Waals surface area contributed by atoms with Crippen molar-refractivity contribution in [1.82, 2.24) is 4.90 Å². The van der Waals surface area contributed by atoms with Crippen LogP contribution < -0.4 is 0 Å². The lowest BCUT2D eigenvalue weighted by molar-refractivity contribution is -0.134. The zero-order valence-electron chi connectivity index (χ0n) is 14.3. The summed E-state index contributed by atoms with van der Waals surface area (Å²) in [6.45, 7) is 8.31. The van der Waals surface area contributed by atoms with Crippen LogP contribution in [-0.2, 0) is 4.79 Å². The molecule has 2 rings (SSSR count). The molecule has 1 unspecified atom stereocenters. The third-order valence-electron chi connectivity index (χ3n) is 3.69. The summed E-state index contributed by atoms with van der Waals surface area (Å²) in [7, 11) is 0. The molecule has 0 aromatic heterocycles. The van der Waals surface area contributed by atoms with Crippen LogP contribution in [0.2, 0.25) is 0 Å². The monoisotopic (exact) mass is 327 g/mol. The van der Waals surface area contributed by atoms with E-state index >= 15 is 0 Å².